The lowest BCUT2D eigenvalue weighted by atomic mass is 9.95. The van der Waals surface area contributed by atoms with E-state index in [2.05, 4.69) is 30.6 Å². The lowest BCUT2D eigenvalue weighted by Gasteiger charge is -2.17. The van der Waals surface area contributed by atoms with Gasteiger partial charge in [-0.15, -0.1) is 0 Å². The smallest absolute Gasteiger partial charge is 0.240 e. The van der Waals surface area contributed by atoms with Crippen LogP contribution in [0.2, 0.25) is 0 Å². The Morgan fingerprint density at radius 3 is 2.69 bits per heavy atom. The van der Waals surface area contributed by atoms with Gasteiger partial charge in [-0.25, -0.2) is 18.1 Å². The highest BCUT2D eigenvalue weighted by Gasteiger charge is 2.50. The predicted octanol–water partition coefficient (Wildman–Crippen LogP) is 2.70. The number of rotatable bonds is 5. The second kappa shape index (κ2) is 9.63. The van der Waals surface area contributed by atoms with Crippen molar-refractivity contribution in [2.45, 2.75) is 36.0 Å². The normalized spacial score (nSPS) is 17.9. The van der Waals surface area contributed by atoms with E-state index in [4.69, 9.17) is 0 Å². The summed E-state index contributed by atoms with van der Waals surface area (Å²) in [6.45, 7) is 1.31. The summed E-state index contributed by atoms with van der Waals surface area (Å²) in [5, 5.41) is 9.47. The van der Waals surface area contributed by atoms with Crippen molar-refractivity contribution in [3.8, 4) is 0 Å². The maximum absolute atomic E-state index is 12.9. The molecule has 0 spiro atoms. The van der Waals surface area contributed by atoms with Crippen LogP contribution in [0, 0.1) is 0 Å². The molecule has 1 amide bonds. The highest BCUT2D eigenvalue weighted by Crippen LogP contribution is 2.48. The molecule has 182 valence electrons. The van der Waals surface area contributed by atoms with Crippen LogP contribution in [0.5, 0.6) is 0 Å². The van der Waals surface area contributed by atoms with Gasteiger partial charge in [0.05, 0.1) is 10.3 Å². The molecule has 35 heavy (non-hydrogen) atoms. The molecule has 10 heteroatoms. The summed E-state index contributed by atoms with van der Waals surface area (Å²) in [4.78, 5) is 22.2. The highest BCUT2D eigenvalue weighted by atomic mass is 32.2. The Labute approximate surface area is 204 Å². The van der Waals surface area contributed by atoms with E-state index in [0.717, 1.165) is 24.0 Å². The average Bonchev–Trinajstić information content (AvgIpc) is 3.67. The van der Waals surface area contributed by atoms with Crippen LogP contribution in [-0.4, -0.2) is 43.9 Å². The fraction of sp³-hybridized carbons (Fsp3) is 0.320. The van der Waals surface area contributed by atoms with Crippen LogP contribution in [0.25, 0.3) is 0 Å². The molecule has 3 aromatic rings. The van der Waals surface area contributed by atoms with Gasteiger partial charge < -0.3 is 16.0 Å². The average molecular weight is 493 g/mol. The van der Waals surface area contributed by atoms with Gasteiger partial charge in [-0.2, -0.15) is 4.98 Å². The van der Waals surface area contributed by atoms with Crippen LogP contribution >= 0.6 is 0 Å². The molecule has 9 nitrogen and oxygen atoms in total. The lowest BCUT2D eigenvalue weighted by Crippen LogP contribution is -2.36. The molecule has 1 aliphatic carbocycles. The van der Waals surface area contributed by atoms with E-state index >= 15 is 0 Å². The van der Waals surface area contributed by atoms with Gasteiger partial charge in [0, 0.05) is 37.1 Å². The summed E-state index contributed by atoms with van der Waals surface area (Å²) in [6.07, 6.45) is 4.63. The van der Waals surface area contributed by atoms with Crippen LogP contribution in [0.15, 0.2) is 65.7 Å². The Kier molecular flexibility index (Phi) is 6.40. The number of amides is 1. The molecule has 1 aromatic heterocycles. The van der Waals surface area contributed by atoms with Gasteiger partial charge in [0.1, 0.15) is 5.82 Å². The minimum absolute atomic E-state index is 0.0583. The zero-order chi connectivity index (χ0) is 24.3. The molecule has 0 unspecified atom stereocenters. The first-order valence-corrected chi connectivity index (χ1v) is 13.2. The fourth-order valence-electron chi connectivity index (χ4n) is 4.27. The molecule has 0 saturated heterocycles. The van der Waals surface area contributed by atoms with Gasteiger partial charge in [-0.05, 0) is 49.4 Å². The van der Waals surface area contributed by atoms with Crippen molar-refractivity contribution in [2.24, 2.45) is 0 Å². The van der Waals surface area contributed by atoms with Crippen molar-refractivity contribution >= 4 is 33.4 Å². The third-order valence-corrected chi connectivity index (χ3v) is 7.85. The van der Waals surface area contributed by atoms with Crippen molar-refractivity contribution in [1.82, 2.24) is 20.0 Å². The van der Waals surface area contributed by atoms with Crippen LogP contribution in [-0.2, 0) is 26.7 Å². The summed E-state index contributed by atoms with van der Waals surface area (Å²) < 4.78 is 27.7. The maximum atomic E-state index is 12.9. The number of anilines is 3. The molecule has 2 aliphatic rings. The monoisotopic (exact) mass is 492 g/mol. The SMILES string of the molecule is O=C(NCCc1cnc2nc1NCCCNS(=O)(=O)c1cccc(c1)N2)C1(c2ccccc2)CC1. The number of hydrogen-bond acceptors (Lipinski definition) is 7. The van der Waals surface area contributed by atoms with Gasteiger partial charge in [0.2, 0.25) is 21.9 Å². The van der Waals surface area contributed by atoms with Crippen LogP contribution in [0.1, 0.15) is 30.4 Å². The van der Waals surface area contributed by atoms with Crippen molar-refractivity contribution < 1.29 is 13.2 Å². The zero-order valence-corrected chi connectivity index (χ0v) is 20.1. The largest absolute Gasteiger partial charge is 0.370 e. The number of carbonyl (C=O) groups excluding carboxylic acids is 1. The number of sulfonamides is 1. The zero-order valence-electron chi connectivity index (χ0n) is 19.3. The first-order chi connectivity index (χ1) is 17.0. The number of carbonyl (C=O) groups is 1. The van der Waals surface area contributed by atoms with E-state index in [1.807, 2.05) is 30.3 Å². The molecule has 2 aromatic carbocycles. The van der Waals surface area contributed by atoms with E-state index in [1.165, 1.54) is 0 Å². The van der Waals surface area contributed by atoms with E-state index in [9.17, 15) is 13.2 Å². The summed E-state index contributed by atoms with van der Waals surface area (Å²) in [7, 11) is -3.59. The minimum atomic E-state index is -3.59. The third-order valence-electron chi connectivity index (χ3n) is 6.39. The van der Waals surface area contributed by atoms with E-state index in [-0.39, 0.29) is 10.8 Å². The topological polar surface area (TPSA) is 125 Å². The van der Waals surface area contributed by atoms with E-state index < -0.39 is 15.4 Å². The molecule has 0 atom stereocenters. The Morgan fingerprint density at radius 1 is 1.06 bits per heavy atom. The Hall–Kier alpha value is -3.50. The minimum Gasteiger partial charge on any atom is -0.370 e. The summed E-state index contributed by atoms with van der Waals surface area (Å²) in [5.74, 6) is 1.09. The van der Waals surface area contributed by atoms with Gasteiger partial charge in [-0.3, -0.25) is 4.79 Å². The molecule has 1 fully saturated rings. The van der Waals surface area contributed by atoms with Crippen molar-refractivity contribution in [1.29, 1.82) is 0 Å². The van der Waals surface area contributed by atoms with Crippen molar-refractivity contribution in [2.75, 3.05) is 30.3 Å². The van der Waals surface area contributed by atoms with E-state index in [1.54, 1.807) is 30.5 Å². The molecule has 0 radical (unpaired) electrons. The molecule has 4 bridgehead atoms. The molecule has 5 rings (SSSR count). The molecule has 2 heterocycles. The number of hydrogen-bond donors (Lipinski definition) is 4. The first kappa shape index (κ1) is 23.3. The number of nitrogens with one attached hydrogen (secondary N) is 4. The summed E-state index contributed by atoms with van der Waals surface area (Å²) in [5.41, 5.74) is 2.12. The third kappa shape index (κ3) is 5.13. The maximum Gasteiger partial charge on any atom is 0.240 e. The number of aromatic nitrogens is 2. The number of nitrogens with zero attached hydrogens (tertiary/aromatic N) is 2. The Bertz CT molecular complexity index is 1330. The second-order valence-electron chi connectivity index (χ2n) is 8.85. The summed E-state index contributed by atoms with van der Waals surface area (Å²) >= 11 is 0. The summed E-state index contributed by atoms with van der Waals surface area (Å²) in [6, 6.07) is 16.5. The van der Waals surface area contributed by atoms with Crippen LogP contribution in [0.3, 0.4) is 0 Å². The van der Waals surface area contributed by atoms with E-state index in [0.29, 0.717) is 49.9 Å². The van der Waals surface area contributed by atoms with Gasteiger partial charge in [0.15, 0.2) is 0 Å². The second-order valence-corrected chi connectivity index (χ2v) is 10.6. The van der Waals surface area contributed by atoms with Gasteiger partial charge >= 0.3 is 0 Å². The Morgan fingerprint density at radius 2 is 1.89 bits per heavy atom. The molecule has 1 aliphatic heterocycles. The number of benzene rings is 2. The quantitative estimate of drug-likeness (QED) is 0.432. The van der Waals surface area contributed by atoms with Crippen molar-refractivity contribution in [3.63, 3.8) is 0 Å². The standard InChI is InChI=1S/C25H28N6O3S/c32-23(25(11-12-25)19-6-2-1-3-7-19)27-15-10-18-17-28-24-30-20-8-4-9-21(16-20)35(33,34)29-14-5-13-26-22(18)31-24/h1-4,6-9,16-17,29H,5,10-15H2,(H,27,32)(H2,26,28,30,31). The van der Waals surface area contributed by atoms with Gasteiger partial charge in [-0.1, -0.05) is 36.4 Å². The molecule has 4 N–H and O–H groups in total. The fourth-order valence-corrected chi connectivity index (χ4v) is 5.39. The lowest BCUT2D eigenvalue weighted by molar-refractivity contribution is -0.123. The molecular weight excluding hydrogens is 464 g/mol. The highest BCUT2D eigenvalue weighted by molar-refractivity contribution is 7.89. The first-order valence-electron chi connectivity index (χ1n) is 11.8. The van der Waals surface area contributed by atoms with Crippen LogP contribution < -0.4 is 20.7 Å². The predicted molar refractivity (Wildman–Crippen MR) is 134 cm³/mol. The Balaban J connectivity index is 1.29. The van der Waals surface area contributed by atoms with Crippen molar-refractivity contribution in [3.05, 3.63) is 71.9 Å². The van der Waals surface area contributed by atoms with Crippen LogP contribution in [0.4, 0.5) is 17.5 Å². The number of fused-ring (bicyclic) bond motifs is 4. The molecular formula is C25H28N6O3S. The van der Waals surface area contributed by atoms with Gasteiger partial charge in [0.25, 0.3) is 0 Å². The molecule has 1 saturated carbocycles.